The molecule has 0 aliphatic heterocycles. The van der Waals surface area contributed by atoms with Crippen molar-refractivity contribution < 1.29 is 4.79 Å². The molecule has 0 fully saturated rings. The molecule has 1 aliphatic rings. The molecule has 4 heteroatoms. The highest BCUT2D eigenvalue weighted by Gasteiger charge is 2.20. The Hall–Kier alpha value is -0.540. The SMILES string of the molecule is CC(Cl)CN(C)C(=O)c1cc2c(s1)CCCC2. The summed E-state index contributed by atoms with van der Waals surface area (Å²) in [6.07, 6.45) is 4.79. The molecule has 0 aromatic carbocycles. The van der Waals surface area contributed by atoms with Crippen molar-refractivity contribution in [2.24, 2.45) is 0 Å². The van der Waals surface area contributed by atoms with Gasteiger partial charge in [0.2, 0.25) is 0 Å². The third kappa shape index (κ3) is 3.02. The minimum Gasteiger partial charge on any atom is -0.340 e. The highest BCUT2D eigenvalue weighted by Crippen LogP contribution is 2.30. The predicted octanol–water partition coefficient (Wildman–Crippen LogP) is 3.33. The average molecular weight is 272 g/mol. The van der Waals surface area contributed by atoms with Crippen LogP contribution in [0.3, 0.4) is 0 Å². The van der Waals surface area contributed by atoms with Crippen LogP contribution in [0.1, 0.15) is 39.9 Å². The van der Waals surface area contributed by atoms with Gasteiger partial charge in [0, 0.05) is 23.8 Å². The third-order valence-electron chi connectivity index (χ3n) is 3.08. The number of alkyl halides is 1. The fraction of sp³-hybridized carbons (Fsp3) is 0.615. The predicted molar refractivity (Wildman–Crippen MR) is 73.2 cm³/mol. The van der Waals surface area contributed by atoms with Gasteiger partial charge in [-0.15, -0.1) is 22.9 Å². The lowest BCUT2D eigenvalue weighted by Crippen LogP contribution is -2.30. The van der Waals surface area contributed by atoms with Gasteiger partial charge in [-0.1, -0.05) is 0 Å². The van der Waals surface area contributed by atoms with Gasteiger partial charge in [0.15, 0.2) is 0 Å². The fourth-order valence-corrected chi connectivity index (χ4v) is 3.70. The Balaban J connectivity index is 2.11. The van der Waals surface area contributed by atoms with E-state index in [-0.39, 0.29) is 11.3 Å². The minimum absolute atomic E-state index is 0.00135. The van der Waals surface area contributed by atoms with Gasteiger partial charge in [-0.2, -0.15) is 0 Å². The van der Waals surface area contributed by atoms with E-state index in [0.717, 1.165) is 17.7 Å². The first-order valence-electron chi connectivity index (χ1n) is 6.09. The Morgan fingerprint density at radius 3 is 2.88 bits per heavy atom. The first-order chi connectivity index (χ1) is 8.08. The van der Waals surface area contributed by atoms with E-state index in [1.807, 2.05) is 14.0 Å². The Kier molecular flexibility index (Phi) is 4.10. The Bertz CT molecular complexity index is 390. The van der Waals surface area contributed by atoms with Crippen molar-refractivity contribution >= 4 is 28.8 Å². The lowest BCUT2D eigenvalue weighted by molar-refractivity contribution is 0.0801. The van der Waals surface area contributed by atoms with E-state index in [1.165, 1.54) is 23.3 Å². The standard InChI is InChI=1S/C13H18ClNOS/c1-9(14)8-15(2)13(16)12-7-10-5-3-4-6-11(10)17-12/h7,9H,3-6,8H2,1-2H3. The van der Waals surface area contributed by atoms with Crippen molar-refractivity contribution in [2.75, 3.05) is 13.6 Å². The Morgan fingerprint density at radius 1 is 1.53 bits per heavy atom. The van der Waals surface area contributed by atoms with Gasteiger partial charge in [0.1, 0.15) is 0 Å². The fourth-order valence-electron chi connectivity index (χ4n) is 2.24. The van der Waals surface area contributed by atoms with E-state index in [9.17, 15) is 4.79 Å². The number of nitrogens with zero attached hydrogens (tertiary/aromatic N) is 1. The zero-order valence-electron chi connectivity index (χ0n) is 10.3. The van der Waals surface area contributed by atoms with E-state index in [1.54, 1.807) is 16.2 Å². The second-order valence-electron chi connectivity index (χ2n) is 4.73. The van der Waals surface area contributed by atoms with Gasteiger partial charge >= 0.3 is 0 Å². The Labute approximate surface area is 112 Å². The Morgan fingerprint density at radius 2 is 2.24 bits per heavy atom. The molecule has 0 radical (unpaired) electrons. The third-order valence-corrected chi connectivity index (χ3v) is 4.44. The van der Waals surface area contributed by atoms with Gasteiger partial charge in [0.05, 0.1) is 4.88 Å². The number of thiophene rings is 1. The molecule has 1 atom stereocenters. The van der Waals surface area contributed by atoms with Crippen molar-refractivity contribution in [1.29, 1.82) is 0 Å². The van der Waals surface area contributed by atoms with Crippen LogP contribution < -0.4 is 0 Å². The summed E-state index contributed by atoms with van der Waals surface area (Å²) in [4.78, 5) is 16.2. The van der Waals surface area contributed by atoms with Crippen LogP contribution in [0.2, 0.25) is 0 Å². The molecule has 0 saturated carbocycles. The molecule has 17 heavy (non-hydrogen) atoms. The van der Waals surface area contributed by atoms with E-state index in [4.69, 9.17) is 11.6 Å². The van der Waals surface area contributed by atoms with Gasteiger partial charge in [0.25, 0.3) is 5.91 Å². The number of amides is 1. The average Bonchev–Trinajstić information content (AvgIpc) is 2.70. The highest BCUT2D eigenvalue weighted by atomic mass is 35.5. The molecular formula is C13H18ClNOS. The van der Waals surface area contributed by atoms with Crippen molar-refractivity contribution in [3.8, 4) is 0 Å². The number of carbonyl (C=O) groups is 1. The molecule has 0 bridgehead atoms. The highest BCUT2D eigenvalue weighted by molar-refractivity contribution is 7.14. The van der Waals surface area contributed by atoms with Crippen molar-refractivity contribution in [3.63, 3.8) is 0 Å². The maximum absolute atomic E-state index is 12.2. The number of aryl methyl sites for hydroxylation is 2. The van der Waals surface area contributed by atoms with E-state index >= 15 is 0 Å². The molecular weight excluding hydrogens is 254 g/mol. The quantitative estimate of drug-likeness (QED) is 0.773. The van der Waals surface area contributed by atoms with E-state index < -0.39 is 0 Å². The van der Waals surface area contributed by atoms with Gasteiger partial charge < -0.3 is 4.90 Å². The molecule has 2 nitrogen and oxygen atoms in total. The minimum atomic E-state index is -0.00135. The van der Waals surface area contributed by atoms with Gasteiger partial charge in [-0.05, 0) is 44.2 Å². The molecule has 1 aromatic heterocycles. The van der Waals surface area contributed by atoms with Crippen LogP contribution in [-0.2, 0) is 12.8 Å². The number of fused-ring (bicyclic) bond motifs is 1. The summed E-state index contributed by atoms with van der Waals surface area (Å²) in [5.74, 6) is 0.108. The maximum Gasteiger partial charge on any atom is 0.263 e. The number of rotatable bonds is 3. The van der Waals surface area contributed by atoms with Crippen LogP contribution in [0.5, 0.6) is 0 Å². The molecule has 1 heterocycles. The number of halogens is 1. The molecule has 1 aromatic rings. The zero-order valence-corrected chi connectivity index (χ0v) is 11.9. The molecule has 94 valence electrons. The normalized spacial score (nSPS) is 16.4. The second-order valence-corrected chi connectivity index (χ2v) is 6.61. The zero-order chi connectivity index (χ0) is 12.4. The largest absolute Gasteiger partial charge is 0.340 e. The van der Waals surface area contributed by atoms with Crippen LogP contribution in [0.15, 0.2) is 6.07 Å². The van der Waals surface area contributed by atoms with Crippen LogP contribution in [-0.4, -0.2) is 29.8 Å². The first-order valence-corrected chi connectivity index (χ1v) is 7.34. The number of carbonyl (C=O) groups excluding carboxylic acids is 1. The van der Waals surface area contributed by atoms with E-state index in [2.05, 4.69) is 6.07 Å². The van der Waals surface area contributed by atoms with Crippen LogP contribution in [0.25, 0.3) is 0 Å². The summed E-state index contributed by atoms with van der Waals surface area (Å²) >= 11 is 7.58. The summed E-state index contributed by atoms with van der Waals surface area (Å²) < 4.78 is 0. The first kappa shape index (κ1) is 12.9. The topological polar surface area (TPSA) is 20.3 Å². The number of hydrogen-bond acceptors (Lipinski definition) is 2. The summed E-state index contributed by atoms with van der Waals surface area (Å²) in [5, 5.41) is -0.00135. The van der Waals surface area contributed by atoms with Gasteiger partial charge in [-0.3, -0.25) is 4.79 Å². The lowest BCUT2D eigenvalue weighted by Gasteiger charge is -2.17. The summed E-state index contributed by atoms with van der Waals surface area (Å²) in [6.45, 7) is 2.51. The van der Waals surface area contributed by atoms with Crippen molar-refractivity contribution in [2.45, 2.75) is 38.0 Å². The summed E-state index contributed by atoms with van der Waals surface area (Å²) in [5.41, 5.74) is 1.39. The van der Waals surface area contributed by atoms with E-state index in [0.29, 0.717) is 6.54 Å². The monoisotopic (exact) mass is 271 g/mol. The summed E-state index contributed by atoms with van der Waals surface area (Å²) in [6, 6.07) is 2.08. The second kappa shape index (κ2) is 5.40. The van der Waals surface area contributed by atoms with Crippen LogP contribution in [0.4, 0.5) is 0 Å². The maximum atomic E-state index is 12.2. The van der Waals surface area contributed by atoms with Crippen molar-refractivity contribution in [1.82, 2.24) is 4.90 Å². The van der Waals surface area contributed by atoms with Crippen molar-refractivity contribution in [3.05, 3.63) is 21.4 Å². The molecule has 0 N–H and O–H groups in total. The molecule has 2 rings (SSSR count). The molecule has 0 saturated heterocycles. The molecule has 1 unspecified atom stereocenters. The molecule has 1 aliphatic carbocycles. The lowest BCUT2D eigenvalue weighted by atomic mass is 9.99. The number of hydrogen-bond donors (Lipinski definition) is 0. The molecule has 1 amide bonds. The van der Waals surface area contributed by atoms with Crippen LogP contribution >= 0.6 is 22.9 Å². The van der Waals surface area contributed by atoms with Crippen LogP contribution in [0, 0.1) is 0 Å². The molecule has 0 spiro atoms. The smallest absolute Gasteiger partial charge is 0.263 e. The summed E-state index contributed by atoms with van der Waals surface area (Å²) in [7, 11) is 1.82. The van der Waals surface area contributed by atoms with Gasteiger partial charge in [-0.25, -0.2) is 0 Å².